The third kappa shape index (κ3) is 5.03. The Hall–Kier alpha value is -0.160. The lowest BCUT2D eigenvalue weighted by Crippen LogP contribution is -2.50. The summed E-state index contributed by atoms with van der Waals surface area (Å²) in [6, 6.07) is 0.691. The molecule has 1 saturated carbocycles. The summed E-state index contributed by atoms with van der Waals surface area (Å²) in [6.45, 7) is 9.17. The van der Waals surface area contributed by atoms with Crippen LogP contribution in [0.15, 0.2) is 0 Å². The van der Waals surface area contributed by atoms with E-state index in [1.54, 1.807) is 0 Å². The van der Waals surface area contributed by atoms with Crippen LogP contribution in [0.3, 0.4) is 0 Å². The number of ether oxygens (including phenoxy) is 2. The number of nitrogens with zero attached hydrogens (tertiary/aromatic N) is 1. The van der Waals surface area contributed by atoms with E-state index in [1.165, 1.54) is 32.1 Å². The molecule has 4 heteroatoms. The van der Waals surface area contributed by atoms with Crippen LogP contribution in [0, 0.1) is 0 Å². The van der Waals surface area contributed by atoms with E-state index in [-0.39, 0.29) is 0 Å². The second kappa shape index (κ2) is 8.90. The summed E-state index contributed by atoms with van der Waals surface area (Å²) in [7, 11) is 0. The summed E-state index contributed by atoms with van der Waals surface area (Å²) >= 11 is 0. The predicted octanol–water partition coefficient (Wildman–Crippen LogP) is 1.65. The zero-order chi connectivity index (χ0) is 13.3. The van der Waals surface area contributed by atoms with Gasteiger partial charge in [0.05, 0.1) is 19.3 Å². The average Bonchev–Trinajstić information content (AvgIpc) is 2.91. The van der Waals surface area contributed by atoms with Gasteiger partial charge in [0, 0.05) is 38.8 Å². The Kier molecular flexibility index (Phi) is 7.14. The fourth-order valence-electron chi connectivity index (χ4n) is 3.12. The second-order valence-electron chi connectivity index (χ2n) is 5.66. The average molecular weight is 270 g/mol. The Morgan fingerprint density at radius 3 is 3.11 bits per heavy atom. The quantitative estimate of drug-likeness (QED) is 0.646. The number of nitrogens with one attached hydrogen (secondary N) is 1. The molecule has 0 spiro atoms. The van der Waals surface area contributed by atoms with Crippen molar-refractivity contribution in [3.63, 3.8) is 0 Å². The van der Waals surface area contributed by atoms with Gasteiger partial charge in [0.25, 0.3) is 0 Å². The number of rotatable bonds is 9. The zero-order valence-corrected chi connectivity index (χ0v) is 12.4. The van der Waals surface area contributed by atoms with Crippen LogP contribution in [0.1, 0.15) is 39.0 Å². The molecule has 4 nitrogen and oxygen atoms in total. The molecule has 19 heavy (non-hydrogen) atoms. The molecular formula is C15H30N2O2. The monoisotopic (exact) mass is 270 g/mol. The van der Waals surface area contributed by atoms with E-state index >= 15 is 0 Å². The molecule has 0 radical (unpaired) electrons. The highest BCUT2D eigenvalue weighted by Gasteiger charge is 2.35. The standard InChI is InChI=1S/C15H30N2O2/c1-2-3-11-18-12-8-16-7-9-17-10-13-19-15-6-4-5-14(15)17/h14-16H,2-13H2,1H3. The molecule has 2 unspecified atom stereocenters. The second-order valence-corrected chi connectivity index (χ2v) is 5.66. The van der Waals surface area contributed by atoms with E-state index in [1.807, 2.05) is 0 Å². The molecule has 1 heterocycles. The van der Waals surface area contributed by atoms with Crippen molar-refractivity contribution in [2.45, 2.75) is 51.2 Å². The number of hydrogen-bond acceptors (Lipinski definition) is 4. The lowest BCUT2D eigenvalue weighted by Gasteiger charge is -2.37. The van der Waals surface area contributed by atoms with Crippen molar-refractivity contribution in [1.82, 2.24) is 10.2 Å². The summed E-state index contributed by atoms with van der Waals surface area (Å²) < 4.78 is 11.4. The highest BCUT2D eigenvalue weighted by atomic mass is 16.5. The summed E-state index contributed by atoms with van der Waals surface area (Å²) in [5.74, 6) is 0. The van der Waals surface area contributed by atoms with Gasteiger partial charge in [-0.05, 0) is 25.7 Å². The minimum atomic E-state index is 0.520. The van der Waals surface area contributed by atoms with Gasteiger partial charge in [0.2, 0.25) is 0 Å². The third-order valence-corrected chi connectivity index (χ3v) is 4.24. The molecule has 0 aromatic carbocycles. The van der Waals surface area contributed by atoms with Gasteiger partial charge in [-0.3, -0.25) is 4.90 Å². The Balaban J connectivity index is 1.48. The van der Waals surface area contributed by atoms with E-state index in [4.69, 9.17) is 9.47 Å². The molecule has 1 saturated heterocycles. The molecule has 1 aliphatic heterocycles. The molecular weight excluding hydrogens is 240 g/mol. The van der Waals surface area contributed by atoms with Crippen molar-refractivity contribution in [2.75, 3.05) is 46.0 Å². The summed E-state index contributed by atoms with van der Waals surface area (Å²) in [6.07, 6.45) is 6.84. The molecule has 1 aliphatic carbocycles. The molecule has 2 rings (SSSR count). The van der Waals surface area contributed by atoms with Crippen molar-refractivity contribution in [2.24, 2.45) is 0 Å². The van der Waals surface area contributed by atoms with Gasteiger partial charge in [-0.1, -0.05) is 13.3 Å². The van der Waals surface area contributed by atoms with Crippen LogP contribution < -0.4 is 5.32 Å². The maximum atomic E-state index is 5.83. The van der Waals surface area contributed by atoms with Gasteiger partial charge in [-0.2, -0.15) is 0 Å². The van der Waals surface area contributed by atoms with Crippen molar-refractivity contribution in [3.05, 3.63) is 0 Å². The molecule has 2 atom stereocenters. The SMILES string of the molecule is CCCCOCCNCCN1CCOC2CCCC21. The number of morpholine rings is 1. The van der Waals surface area contributed by atoms with Gasteiger partial charge >= 0.3 is 0 Å². The normalized spacial score (nSPS) is 27.6. The highest BCUT2D eigenvalue weighted by Crippen LogP contribution is 2.29. The van der Waals surface area contributed by atoms with Crippen LogP contribution >= 0.6 is 0 Å². The van der Waals surface area contributed by atoms with Gasteiger partial charge in [0.1, 0.15) is 0 Å². The molecule has 112 valence electrons. The highest BCUT2D eigenvalue weighted by molar-refractivity contribution is 4.89. The fraction of sp³-hybridized carbons (Fsp3) is 1.00. The Morgan fingerprint density at radius 1 is 1.26 bits per heavy atom. The van der Waals surface area contributed by atoms with Crippen molar-refractivity contribution in [3.8, 4) is 0 Å². The molecule has 0 aromatic rings. The van der Waals surface area contributed by atoms with Crippen molar-refractivity contribution in [1.29, 1.82) is 0 Å². The molecule has 2 fully saturated rings. The van der Waals surface area contributed by atoms with E-state index < -0.39 is 0 Å². The fourth-order valence-corrected chi connectivity index (χ4v) is 3.12. The minimum absolute atomic E-state index is 0.520. The largest absolute Gasteiger partial charge is 0.380 e. The van der Waals surface area contributed by atoms with Crippen LogP contribution in [-0.2, 0) is 9.47 Å². The Labute approximate surface area is 117 Å². The van der Waals surface area contributed by atoms with Crippen molar-refractivity contribution >= 4 is 0 Å². The Bertz CT molecular complexity index is 238. The van der Waals surface area contributed by atoms with Crippen molar-refractivity contribution < 1.29 is 9.47 Å². The number of hydrogen-bond donors (Lipinski definition) is 1. The van der Waals surface area contributed by atoms with E-state index in [0.717, 1.165) is 46.0 Å². The van der Waals surface area contributed by atoms with E-state index in [9.17, 15) is 0 Å². The first-order chi connectivity index (χ1) is 9.42. The van der Waals surface area contributed by atoms with E-state index in [0.29, 0.717) is 12.1 Å². The van der Waals surface area contributed by atoms with Crippen LogP contribution in [0.25, 0.3) is 0 Å². The topological polar surface area (TPSA) is 33.7 Å². The summed E-state index contributed by atoms with van der Waals surface area (Å²) in [5, 5.41) is 3.48. The van der Waals surface area contributed by atoms with Gasteiger partial charge < -0.3 is 14.8 Å². The molecule has 0 amide bonds. The number of fused-ring (bicyclic) bond motifs is 1. The molecule has 0 bridgehead atoms. The zero-order valence-electron chi connectivity index (χ0n) is 12.4. The maximum absolute atomic E-state index is 5.83. The first-order valence-electron chi connectivity index (χ1n) is 8.06. The smallest absolute Gasteiger partial charge is 0.0730 e. The first-order valence-corrected chi connectivity index (χ1v) is 8.06. The van der Waals surface area contributed by atoms with Crippen LogP contribution in [-0.4, -0.2) is 63.0 Å². The summed E-state index contributed by atoms with van der Waals surface area (Å²) in [4.78, 5) is 2.62. The summed E-state index contributed by atoms with van der Waals surface area (Å²) in [5.41, 5.74) is 0. The number of unbranched alkanes of at least 4 members (excludes halogenated alkanes) is 1. The van der Waals surface area contributed by atoms with E-state index in [2.05, 4.69) is 17.1 Å². The third-order valence-electron chi connectivity index (χ3n) is 4.24. The lowest BCUT2D eigenvalue weighted by atomic mass is 10.1. The molecule has 1 N–H and O–H groups in total. The predicted molar refractivity (Wildman–Crippen MR) is 77.5 cm³/mol. The Morgan fingerprint density at radius 2 is 2.21 bits per heavy atom. The van der Waals surface area contributed by atoms with Crippen LogP contribution in [0.4, 0.5) is 0 Å². The maximum Gasteiger partial charge on any atom is 0.0730 e. The van der Waals surface area contributed by atoms with Gasteiger partial charge in [0.15, 0.2) is 0 Å². The lowest BCUT2D eigenvalue weighted by molar-refractivity contribution is -0.0549. The van der Waals surface area contributed by atoms with Gasteiger partial charge in [-0.15, -0.1) is 0 Å². The molecule has 0 aromatic heterocycles. The van der Waals surface area contributed by atoms with Crippen LogP contribution in [0.5, 0.6) is 0 Å². The van der Waals surface area contributed by atoms with Crippen LogP contribution in [0.2, 0.25) is 0 Å². The first kappa shape index (κ1) is 15.2. The molecule has 2 aliphatic rings. The minimum Gasteiger partial charge on any atom is -0.380 e. The van der Waals surface area contributed by atoms with Gasteiger partial charge in [-0.25, -0.2) is 0 Å².